The van der Waals surface area contributed by atoms with Gasteiger partial charge in [0.25, 0.3) is 0 Å². The number of rotatable bonds is 3. The van der Waals surface area contributed by atoms with Gasteiger partial charge in [0, 0.05) is 16.0 Å². The summed E-state index contributed by atoms with van der Waals surface area (Å²) in [4.78, 5) is 12.1. The fourth-order valence-corrected chi connectivity index (χ4v) is 2.27. The lowest BCUT2D eigenvalue weighted by Crippen LogP contribution is -2.19. The van der Waals surface area contributed by atoms with Gasteiger partial charge in [0.15, 0.2) is 0 Å². The molecule has 90 valence electrons. The van der Waals surface area contributed by atoms with Gasteiger partial charge in [-0.15, -0.1) is 0 Å². The maximum Gasteiger partial charge on any atom is 0.227 e. The monoisotopic (exact) mass is 312 g/mol. The third-order valence-electron chi connectivity index (χ3n) is 2.95. The predicted octanol–water partition coefficient (Wildman–Crippen LogP) is 2.68. The molecule has 1 fully saturated rings. The van der Waals surface area contributed by atoms with Crippen molar-refractivity contribution < 1.29 is 4.79 Å². The Kier molecular flexibility index (Phi) is 3.49. The standard InChI is InChI=1S/C12H13BrN2OS/c1-6-4-8(6)12(16)15-10-3-2-7(13)5-9(10)11(14)17/h2-3,5-6,8H,4H2,1H3,(H2,14,17)(H,15,16). The Morgan fingerprint density at radius 3 is 2.76 bits per heavy atom. The molecule has 1 aromatic rings. The van der Waals surface area contributed by atoms with E-state index in [1.165, 1.54) is 0 Å². The predicted molar refractivity (Wildman–Crippen MR) is 75.9 cm³/mol. The van der Waals surface area contributed by atoms with Gasteiger partial charge in [-0.25, -0.2) is 0 Å². The van der Waals surface area contributed by atoms with Crippen LogP contribution in [0.15, 0.2) is 22.7 Å². The van der Waals surface area contributed by atoms with Crippen molar-refractivity contribution in [3.8, 4) is 0 Å². The molecule has 0 heterocycles. The number of nitrogens with two attached hydrogens (primary N) is 1. The molecule has 1 aromatic carbocycles. The molecule has 2 unspecified atom stereocenters. The summed E-state index contributed by atoms with van der Waals surface area (Å²) < 4.78 is 0.887. The van der Waals surface area contributed by atoms with Crippen molar-refractivity contribution in [1.29, 1.82) is 0 Å². The molecule has 1 aliphatic rings. The van der Waals surface area contributed by atoms with E-state index in [-0.39, 0.29) is 16.8 Å². The summed E-state index contributed by atoms with van der Waals surface area (Å²) in [6.45, 7) is 2.07. The van der Waals surface area contributed by atoms with E-state index in [1.807, 2.05) is 18.2 Å². The quantitative estimate of drug-likeness (QED) is 0.844. The van der Waals surface area contributed by atoms with Crippen LogP contribution in [0.5, 0.6) is 0 Å². The molecule has 3 nitrogen and oxygen atoms in total. The smallest absolute Gasteiger partial charge is 0.227 e. The maximum atomic E-state index is 11.8. The van der Waals surface area contributed by atoms with Gasteiger partial charge < -0.3 is 11.1 Å². The third-order valence-corrected chi connectivity index (χ3v) is 3.66. The number of nitrogens with one attached hydrogen (secondary N) is 1. The SMILES string of the molecule is CC1CC1C(=O)Nc1ccc(Br)cc1C(N)=S. The number of hydrogen-bond acceptors (Lipinski definition) is 2. The minimum atomic E-state index is 0.0531. The van der Waals surface area contributed by atoms with Gasteiger partial charge in [-0.1, -0.05) is 35.1 Å². The molecular weight excluding hydrogens is 300 g/mol. The molecule has 1 amide bonds. The molecule has 2 atom stereocenters. The van der Waals surface area contributed by atoms with Crippen molar-refractivity contribution in [2.45, 2.75) is 13.3 Å². The van der Waals surface area contributed by atoms with Crippen LogP contribution < -0.4 is 11.1 Å². The van der Waals surface area contributed by atoms with Crippen LogP contribution in [0.2, 0.25) is 0 Å². The summed E-state index contributed by atoms with van der Waals surface area (Å²) in [6.07, 6.45) is 0.963. The highest BCUT2D eigenvalue weighted by Gasteiger charge is 2.39. The number of halogens is 1. The number of carbonyl (C=O) groups is 1. The molecule has 0 saturated heterocycles. The van der Waals surface area contributed by atoms with E-state index >= 15 is 0 Å². The topological polar surface area (TPSA) is 55.1 Å². The number of benzene rings is 1. The highest BCUT2D eigenvalue weighted by Crippen LogP contribution is 2.38. The van der Waals surface area contributed by atoms with Crippen LogP contribution in [0, 0.1) is 11.8 Å². The van der Waals surface area contributed by atoms with Crippen LogP contribution in [0.25, 0.3) is 0 Å². The minimum Gasteiger partial charge on any atom is -0.389 e. The Bertz CT molecular complexity index is 489. The van der Waals surface area contributed by atoms with Crippen LogP contribution in [0.3, 0.4) is 0 Å². The first-order valence-electron chi connectivity index (χ1n) is 5.39. The Labute approximate surface area is 114 Å². The van der Waals surface area contributed by atoms with Crippen molar-refractivity contribution >= 4 is 44.7 Å². The largest absolute Gasteiger partial charge is 0.389 e. The van der Waals surface area contributed by atoms with Crippen molar-refractivity contribution in [2.75, 3.05) is 5.32 Å². The van der Waals surface area contributed by atoms with Gasteiger partial charge >= 0.3 is 0 Å². The summed E-state index contributed by atoms with van der Waals surface area (Å²) >= 11 is 8.33. The molecule has 17 heavy (non-hydrogen) atoms. The Morgan fingerprint density at radius 2 is 2.24 bits per heavy atom. The van der Waals surface area contributed by atoms with Gasteiger partial charge in [0.05, 0.1) is 5.69 Å². The van der Waals surface area contributed by atoms with Crippen LogP contribution in [0.1, 0.15) is 18.9 Å². The van der Waals surface area contributed by atoms with E-state index in [0.717, 1.165) is 10.9 Å². The van der Waals surface area contributed by atoms with Gasteiger partial charge in [-0.05, 0) is 30.5 Å². The minimum absolute atomic E-state index is 0.0531. The number of carbonyl (C=O) groups excluding carboxylic acids is 1. The number of hydrogen-bond donors (Lipinski definition) is 2. The normalized spacial score (nSPS) is 22.0. The van der Waals surface area contributed by atoms with Crippen molar-refractivity contribution in [1.82, 2.24) is 0 Å². The second-order valence-corrected chi connectivity index (χ2v) is 5.72. The van der Waals surface area contributed by atoms with Crippen LogP contribution in [-0.2, 0) is 4.79 Å². The highest BCUT2D eigenvalue weighted by molar-refractivity contribution is 9.10. The van der Waals surface area contributed by atoms with Crippen LogP contribution in [-0.4, -0.2) is 10.9 Å². The van der Waals surface area contributed by atoms with E-state index in [0.29, 0.717) is 17.2 Å². The lowest BCUT2D eigenvalue weighted by atomic mass is 10.1. The average Bonchev–Trinajstić information content (AvgIpc) is 2.98. The van der Waals surface area contributed by atoms with Gasteiger partial charge in [0.2, 0.25) is 5.91 Å². The maximum absolute atomic E-state index is 11.8. The molecule has 0 aromatic heterocycles. The summed E-state index contributed by atoms with van der Waals surface area (Å²) in [5.74, 6) is 0.675. The molecule has 1 aliphatic carbocycles. The van der Waals surface area contributed by atoms with Crippen LogP contribution in [0.4, 0.5) is 5.69 Å². The summed E-state index contributed by atoms with van der Waals surface area (Å²) in [5, 5.41) is 2.88. The number of thiocarbonyl (C=S) groups is 1. The number of anilines is 1. The highest BCUT2D eigenvalue weighted by atomic mass is 79.9. The van der Waals surface area contributed by atoms with Crippen molar-refractivity contribution in [2.24, 2.45) is 17.6 Å². The molecule has 0 bridgehead atoms. The van der Waals surface area contributed by atoms with E-state index in [4.69, 9.17) is 18.0 Å². The van der Waals surface area contributed by atoms with Gasteiger partial charge in [0.1, 0.15) is 4.99 Å². The van der Waals surface area contributed by atoms with E-state index in [2.05, 4.69) is 28.2 Å². The second kappa shape index (κ2) is 4.74. The van der Waals surface area contributed by atoms with E-state index in [9.17, 15) is 4.79 Å². The Balaban J connectivity index is 2.20. The molecule has 1 saturated carbocycles. The molecule has 0 spiro atoms. The first kappa shape index (κ1) is 12.5. The zero-order valence-corrected chi connectivity index (χ0v) is 11.8. The molecule has 0 aliphatic heterocycles. The lowest BCUT2D eigenvalue weighted by Gasteiger charge is -2.10. The van der Waals surface area contributed by atoms with Gasteiger partial charge in [-0.3, -0.25) is 4.79 Å². The number of amides is 1. The Morgan fingerprint density at radius 1 is 1.59 bits per heavy atom. The first-order valence-corrected chi connectivity index (χ1v) is 6.59. The molecule has 0 radical (unpaired) electrons. The average molecular weight is 313 g/mol. The Hall–Kier alpha value is -0.940. The van der Waals surface area contributed by atoms with Crippen molar-refractivity contribution in [3.63, 3.8) is 0 Å². The molecule has 3 N–H and O–H groups in total. The summed E-state index contributed by atoms with van der Waals surface area (Å²) in [7, 11) is 0. The fraction of sp³-hybridized carbons (Fsp3) is 0.333. The molecular formula is C12H13BrN2OS. The zero-order chi connectivity index (χ0) is 12.6. The first-order chi connectivity index (χ1) is 7.99. The summed E-state index contributed by atoms with van der Waals surface area (Å²) in [6, 6.07) is 5.48. The fourth-order valence-electron chi connectivity index (χ4n) is 1.74. The third kappa shape index (κ3) is 2.84. The van der Waals surface area contributed by atoms with Crippen molar-refractivity contribution in [3.05, 3.63) is 28.2 Å². The van der Waals surface area contributed by atoms with Crippen LogP contribution >= 0.6 is 28.1 Å². The van der Waals surface area contributed by atoms with E-state index < -0.39 is 0 Å². The lowest BCUT2D eigenvalue weighted by molar-refractivity contribution is -0.117. The second-order valence-electron chi connectivity index (χ2n) is 4.36. The molecule has 5 heteroatoms. The molecule has 2 rings (SSSR count). The van der Waals surface area contributed by atoms with E-state index in [1.54, 1.807) is 0 Å². The summed E-state index contributed by atoms with van der Waals surface area (Å²) in [5.41, 5.74) is 7.01. The van der Waals surface area contributed by atoms with Gasteiger partial charge in [-0.2, -0.15) is 0 Å². The zero-order valence-electron chi connectivity index (χ0n) is 9.37.